The first kappa shape index (κ1) is 33.3. The molecule has 0 aliphatic rings. The number of nitrogens with zero attached hydrogens (tertiary/aromatic N) is 4. The van der Waals surface area contributed by atoms with Gasteiger partial charge in [-0.25, -0.2) is 9.97 Å². The van der Waals surface area contributed by atoms with E-state index in [2.05, 4.69) is 132 Å². The Morgan fingerprint density at radius 2 is 1.03 bits per heavy atom. The molecule has 0 fully saturated rings. The molecule has 0 radical (unpaired) electrons. The van der Waals surface area contributed by atoms with Gasteiger partial charge in [-0.1, -0.05) is 164 Å². The van der Waals surface area contributed by atoms with Gasteiger partial charge in [0, 0.05) is 43.8 Å². The van der Waals surface area contributed by atoms with Crippen LogP contribution in [0.3, 0.4) is 0 Å². The summed E-state index contributed by atoms with van der Waals surface area (Å²) in [6.45, 7) is 0. The van der Waals surface area contributed by atoms with Gasteiger partial charge in [-0.2, -0.15) is 5.26 Å². The maximum absolute atomic E-state index is 10.7. The molecule has 11 aromatic rings. The number of hydrogen-bond acceptors (Lipinski definition) is 4. The van der Waals surface area contributed by atoms with E-state index in [0.717, 1.165) is 88.4 Å². The summed E-state index contributed by atoms with van der Waals surface area (Å²) in [5.41, 5.74) is 13.2. The van der Waals surface area contributed by atoms with Crippen molar-refractivity contribution in [3.05, 3.63) is 200 Å². The molecule has 0 N–H and O–H groups in total. The summed E-state index contributed by atoms with van der Waals surface area (Å²) in [6.07, 6.45) is 0. The minimum atomic E-state index is 0.433. The van der Waals surface area contributed by atoms with E-state index >= 15 is 0 Å². The second kappa shape index (κ2) is 13.6. The standard InChI is InChI=1S/C53H32N4O/c54-33-43-50(36-20-9-3-10-21-36)55-53(56-51(43)37-22-11-4-12-23-37)42-32-38(34-16-5-1-6-17-34)28-29-45(42)57-44-27-14-13-24-40(44)48-46(57)30-31-47-49(48)41-26-15-25-39(52(41)58-47)35-18-7-2-8-19-35/h1-32H. The lowest BCUT2D eigenvalue weighted by molar-refractivity contribution is 0.670. The zero-order chi connectivity index (χ0) is 38.6. The highest BCUT2D eigenvalue weighted by Crippen LogP contribution is 2.45. The van der Waals surface area contributed by atoms with E-state index in [0.29, 0.717) is 22.8 Å². The molecule has 0 spiro atoms. The van der Waals surface area contributed by atoms with Gasteiger partial charge in [0.15, 0.2) is 5.82 Å². The number of benzene rings is 8. The first-order chi connectivity index (χ1) is 28.7. The van der Waals surface area contributed by atoms with Crippen molar-refractivity contribution >= 4 is 43.7 Å². The third-order valence-electron chi connectivity index (χ3n) is 11.1. The lowest BCUT2D eigenvalue weighted by Gasteiger charge is -2.17. The van der Waals surface area contributed by atoms with Gasteiger partial charge in [-0.15, -0.1) is 0 Å². The van der Waals surface area contributed by atoms with E-state index in [1.807, 2.05) is 72.8 Å². The van der Waals surface area contributed by atoms with E-state index < -0.39 is 0 Å². The molecule has 0 saturated heterocycles. The quantitative estimate of drug-likeness (QED) is 0.170. The topological polar surface area (TPSA) is 67.6 Å². The smallest absolute Gasteiger partial charge is 0.162 e. The molecular formula is C53H32N4O. The Bertz CT molecular complexity index is 3320. The molecule has 0 bridgehead atoms. The largest absolute Gasteiger partial charge is 0.455 e. The Morgan fingerprint density at radius 3 is 1.69 bits per heavy atom. The SMILES string of the molecule is N#Cc1c(-c2ccccc2)nc(-c2cc(-c3ccccc3)ccc2-n2c3ccccc3c3c4c(ccc32)oc2c(-c3ccccc3)cccc24)nc1-c1ccccc1. The fraction of sp³-hybridized carbons (Fsp3) is 0. The van der Waals surface area contributed by atoms with Crippen LogP contribution in [0, 0.1) is 11.3 Å². The van der Waals surface area contributed by atoms with Gasteiger partial charge in [0.25, 0.3) is 0 Å². The van der Waals surface area contributed by atoms with Gasteiger partial charge < -0.3 is 8.98 Å². The van der Waals surface area contributed by atoms with Crippen molar-refractivity contribution < 1.29 is 4.42 Å². The van der Waals surface area contributed by atoms with Gasteiger partial charge in [0.1, 0.15) is 22.8 Å². The van der Waals surface area contributed by atoms with Crippen molar-refractivity contribution in [1.82, 2.24) is 14.5 Å². The molecule has 58 heavy (non-hydrogen) atoms. The summed E-state index contributed by atoms with van der Waals surface area (Å²) in [7, 11) is 0. The number of fused-ring (bicyclic) bond motifs is 7. The predicted molar refractivity (Wildman–Crippen MR) is 236 cm³/mol. The summed E-state index contributed by atoms with van der Waals surface area (Å²) >= 11 is 0. The fourth-order valence-electron chi connectivity index (χ4n) is 8.47. The zero-order valence-corrected chi connectivity index (χ0v) is 31.2. The van der Waals surface area contributed by atoms with Gasteiger partial charge in [-0.3, -0.25) is 0 Å². The number of nitriles is 1. The van der Waals surface area contributed by atoms with Crippen molar-refractivity contribution in [2.75, 3.05) is 0 Å². The third-order valence-corrected chi connectivity index (χ3v) is 11.1. The van der Waals surface area contributed by atoms with Crippen LogP contribution in [0.2, 0.25) is 0 Å². The predicted octanol–water partition coefficient (Wildman–Crippen LogP) is 13.7. The minimum Gasteiger partial charge on any atom is -0.455 e. The first-order valence-electron chi connectivity index (χ1n) is 19.3. The molecular weight excluding hydrogens is 709 g/mol. The molecule has 0 aliphatic heterocycles. The third kappa shape index (κ3) is 5.31. The number of rotatable bonds is 6. The monoisotopic (exact) mass is 740 g/mol. The molecule has 3 aromatic heterocycles. The molecule has 0 unspecified atom stereocenters. The lowest BCUT2D eigenvalue weighted by atomic mass is 9.98. The summed E-state index contributed by atoms with van der Waals surface area (Å²) in [6, 6.07) is 68.9. The van der Waals surface area contributed by atoms with E-state index in [-0.39, 0.29) is 0 Å². The maximum Gasteiger partial charge on any atom is 0.162 e. The van der Waals surface area contributed by atoms with E-state index in [4.69, 9.17) is 14.4 Å². The van der Waals surface area contributed by atoms with Gasteiger partial charge in [0.05, 0.1) is 28.1 Å². The number of para-hydroxylation sites is 2. The minimum absolute atomic E-state index is 0.433. The summed E-state index contributed by atoms with van der Waals surface area (Å²) < 4.78 is 9.08. The molecule has 5 heteroatoms. The van der Waals surface area contributed by atoms with Crippen LogP contribution >= 0.6 is 0 Å². The van der Waals surface area contributed by atoms with Gasteiger partial charge in [0.2, 0.25) is 0 Å². The Labute approximate surface area is 334 Å². The molecule has 270 valence electrons. The van der Waals surface area contributed by atoms with E-state index in [1.165, 1.54) is 0 Å². The Hall–Kier alpha value is -8.07. The Balaban J connectivity index is 1.24. The van der Waals surface area contributed by atoms with Crippen molar-refractivity contribution in [3.63, 3.8) is 0 Å². The Morgan fingerprint density at radius 1 is 0.448 bits per heavy atom. The van der Waals surface area contributed by atoms with Crippen molar-refractivity contribution in [2.24, 2.45) is 0 Å². The van der Waals surface area contributed by atoms with Crippen molar-refractivity contribution in [3.8, 4) is 67.9 Å². The van der Waals surface area contributed by atoms with Crippen molar-refractivity contribution in [1.29, 1.82) is 5.26 Å². The number of furan rings is 1. The van der Waals surface area contributed by atoms with Crippen LogP contribution in [0.4, 0.5) is 0 Å². The molecule has 8 aromatic carbocycles. The Kier molecular flexibility index (Phi) is 7.80. The van der Waals surface area contributed by atoms with Crippen LogP contribution in [0.15, 0.2) is 199 Å². The molecule has 0 aliphatic carbocycles. The molecule has 3 heterocycles. The highest BCUT2D eigenvalue weighted by atomic mass is 16.3. The highest BCUT2D eigenvalue weighted by Gasteiger charge is 2.24. The number of hydrogen-bond donors (Lipinski definition) is 0. The molecule has 0 atom stereocenters. The lowest BCUT2D eigenvalue weighted by Crippen LogP contribution is -2.04. The van der Waals surface area contributed by atoms with Crippen LogP contribution in [-0.2, 0) is 0 Å². The average Bonchev–Trinajstić information content (AvgIpc) is 3.85. The van der Waals surface area contributed by atoms with Crippen LogP contribution in [0.25, 0.3) is 106 Å². The molecule has 11 rings (SSSR count). The number of aromatic nitrogens is 3. The zero-order valence-electron chi connectivity index (χ0n) is 31.2. The molecule has 0 saturated carbocycles. The van der Waals surface area contributed by atoms with Gasteiger partial charge >= 0.3 is 0 Å². The fourth-order valence-corrected chi connectivity index (χ4v) is 8.47. The second-order valence-corrected chi connectivity index (χ2v) is 14.4. The second-order valence-electron chi connectivity index (χ2n) is 14.4. The van der Waals surface area contributed by atoms with Gasteiger partial charge in [-0.05, 0) is 47.0 Å². The summed E-state index contributed by atoms with van der Waals surface area (Å²) in [5, 5.41) is 15.1. The summed E-state index contributed by atoms with van der Waals surface area (Å²) in [4.78, 5) is 10.6. The average molecular weight is 741 g/mol. The summed E-state index contributed by atoms with van der Waals surface area (Å²) in [5.74, 6) is 0.526. The first-order valence-corrected chi connectivity index (χ1v) is 19.3. The molecule has 5 nitrogen and oxygen atoms in total. The highest BCUT2D eigenvalue weighted by molar-refractivity contribution is 6.28. The molecule has 0 amide bonds. The van der Waals surface area contributed by atoms with Crippen LogP contribution < -0.4 is 0 Å². The van der Waals surface area contributed by atoms with E-state index in [1.54, 1.807) is 0 Å². The normalized spacial score (nSPS) is 11.4. The van der Waals surface area contributed by atoms with E-state index in [9.17, 15) is 5.26 Å². The van der Waals surface area contributed by atoms with Crippen LogP contribution in [0.1, 0.15) is 5.56 Å². The maximum atomic E-state index is 10.7. The van der Waals surface area contributed by atoms with Crippen LogP contribution in [0.5, 0.6) is 0 Å². The van der Waals surface area contributed by atoms with Crippen LogP contribution in [-0.4, -0.2) is 14.5 Å². The van der Waals surface area contributed by atoms with Crippen molar-refractivity contribution in [2.45, 2.75) is 0 Å².